The molecule has 3 aromatic rings. The highest BCUT2D eigenvalue weighted by Gasteiger charge is 2.08. The third-order valence-electron chi connectivity index (χ3n) is 3.77. The summed E-state index contributed by atoms with van der Waals surface area (Å²) in [5.41, 5.74) is 11.5. The molecule has 0 amide bonds. The number of rotatable bonds is 4. The van der Waals surface area contributed by atoms with Crippen LogP contribution in [0.15, 0.2) is 48.9 Å². The fraction of sp³-hybridized carbons (Fsp3) is 0.167. The molecule has 0 radical (unpaired) electrons. The van der Waals surface area contributed by atoms with Gasteiger partial charge in [-0.05, 0) is 42.8 Å². The number of nitrogens with zero attached hydrogens (tertiary/aromatic N) is 4. The van der Waals surface area contributed by atoms with Crippen LogP contribution in [0.5, 0.6) is 0 Å². The molecule has 0 saturated carbocycles. The van der Waals surface area contributed by atoms with Crippen molar-refractivity contribution in [2.24, 2.45) is 0 Å². The van der Waals surface area contributed by atoms with E-state index in [2.05, 4.69) is 20.3 Å². The largest absolute Gasteiger partial charge is 0.397 e. The molecule has 6 nitrogen and oxygen atoms in total. The molecule has 2 heterocycles. The number of nitrogens with two attached hydrogens (primary N) is 1. The van der Waals surface area contributed by atoms with Gasteiger partial charge < -0.3 is 16.0 Å². The van der Waals surface area contributed by atoms with Gasteiger partial charge in [-0.15, -0.1) is 0 Å². The average Bonchev–Trinajstić information content (AvgIpc) is 2.57. The van der Waals surface area contributed by atoms with Crippen molar-refractivity contribution in [2.75, 3.05) is 30.0 Å². The molecule has 0 aliphatic heterocycles. The van der Waals surface area contributed by atoms with Gasteiger partial charge in [0.05, 0.1) is 17.1 Å². The van der Waals surface area contributed by atoms with Crippen molar-refractivity contribution in [1.82, 2.24) is 15.0 Å². The summed E-state index contributed by atoms with van der Waals surface area (Å²) in [5, 5.41) is 3.20. The lowest BCUT2D eigenvalue weighted by molar-refractivity contribution is 1.13. The number of aromatic nitrogens is 3. The number of anilines is 4. The SMILES string of the molecule is Cc1ccncc1-c1ccnc(Nc2cc(N(C)C)ccc2N)n1. The predicted octanol–water partition coefficient (Wildman–Crippen LogP) is 3.24. The molecule has 0 unspecified atom stereocenters. The van der Waals surface area contributed by atoms with Gasteiger partial charge in [0.15, 0.2) is 0 Å². The van der Waals surface area contributed by atoms with E-state index < -0.39 is 0 Å². The molecule has 0 aliphatic rings. The first kappa shape index (κ1) is 15.7. The Hall–Kier alpha value is -3.15. The highest BCUT2D eigenvalue weighted by Crippen LogP contribution is 2.27. The molecule has 6 heteroatoms. The lowest BCUT2D eigenvalue weighted by Gasteiger charge is -2.16. The summed E-state index contributed by atoms with van der Waals surface area (Å²) in [5.74, 6) is 0.498. The molecule has 1 aromatic carbocycles. The number of aryl methyl sites for hydroxylation is 1. The Morgan fingerprint density at radius 2 is 1.92 bits per heavy atom. The minimum absolute atomic E-state index is 0.498. The number of benzene rings is 1. The highest BCUT2D eigenvalue weighted by atomic mass is 15.1. The van der Waals surface area contributed by atoms with Crippen LogP contribution in [-0.2, 0) is 0 Å². The maximum absolute atomic E-state index is 6.06. The topological polar surface area (TPSA) is 80.0 Å². The molecule has 0 bridgehead atoms. The molecule has 2 aromatic heterocycles. The second-order valence-electron chi connectivity index (χ2n) is 5.75. The van der Waals surface area contributed by atoms with Crippen molar-refractivity contribution in [3.05, 3.63) is 54.5 Å². The molecule has 0 atom stereocenters. The van der Waals surface area contributed by atoms with E-state index in [1.807, 2.05) is 62.4 Å². The lowest BCUT2D eigenvalue weighted by Crippen LogP contribution is -2.09. The molecule has 3 N–H and O–H groups in total. The van der Waals surface area contributed by atoms with Crippen LogP contribution in [0.25, 0.3) is 11.3 Å². The highest BCUT2D eigenvalue weighted by molar-refractivity contribution is 5.75. The molecular formula is C18H20N6. The molecule has 3 rings (SSSR count). The lowest BCUT2D eigenvalue weighted by atomic mass is 10.1. The zero-order valence-electron chi connectivity index (χ0n) is 14.0. The third kappa shape index (κ3) is 3.27. The smallest absolute Gasteiger partial charge is 0.227 e. The van der Waals surface area contributed by atoms with Crippen molar-refractivity contribution in [2.45, 2.75) is 6.92 Å². The van der Waals surface area contributed by atoms with E-state index in [9.17, 15) is 0 Å². The van der Waals surface area contributed by atoms with E-state index in [1.54, 1.807) is 12.4 Å². The number of nitrogens with one attached hydrogen (secondary N) is 1. The molecule has 0 saturated heterocycles. The molecule has 122 valence electrons. The van der Waals surface area contributed by atoms with Gasteiger partial charge in [0.25, 0.3) is 0 Å². The van der Waals surface area contributed by atoms with Crippen molar-refractivity contribution in [3.63, 3.8) is 0 Å². The van der Waals surface area contributed by atoms with Crippen molar-refractivity contribution < 1.29 is 0 Å². The first-order chi connectivity index (χ1) is 11.5. The van der Waals surface area contributed by atoms with Gasteiger partial charge in [0.1, 0.15) is 0 Å². The normalized spacial score (nSPS) is 10.5. The standard InChI is InChI=1S/C18H20N6/c1-12-6-8-20-11-14(12)16-7-9-21-18(22-16)23-17-10-13(24(2)3)4-5-15(17)19/h4-11H,19H2,1-3H3,(H,21,22,23). The molecular weight excluding hydrogens is 300 g/mol. The minimum atomic E-state index is 0.498. The minimum Gasteiger partial charge on any atom is -0.397 e. The number of nitrogen functional groups attached to an aromatic ring is 1. The Labute approximate surface area is 141 Å². The molecule has 24 heavy (non-hydrogen) atoms. The average molecular weight is 320 g/mol. The van der Waals surface area contributed by atoms with Gasteiger partial charge in [-0.3, -0.25) is 4.98 Å². The quantitative estimate of drug-likeness (QED) is 0.718. The summed E-state index contributed by atoms with van der Waals surface area (Å²) < 4.78 is 0. The van der Waals surface area contributed by atoms with E-state index in [0.29, 0.717) is 11.6 Å². The Kier molecular flexibility index (Phi) is 4.29. The van der Waals surface area contributed by atoms with Crippen molar-refractivity contribution >= 4 is 23.0 Å². The van der Waals surface area contributed by atoms with Crippen LogP contribution in [0.3, 0.4) is 0 Å². The van der Waals surface area contributed by atoms with E-state index in [0.717, 1.165) is 28.2 Å². The van der Waals surface area contributed by atoms with E-state index in [4.69, 9.17) is 5.73 Å². The van der Waals surface area contributed by atoms with Crippen LogP contribution in [-0.4, -0.2) is 29.0 Å². The number of hydrogen-bond donors (Lipinski definition) is 2. The van der Waals surface area contributed by atoms with Crippen LogP contribution in [0.1, 0.15) is 5.56 Å². The first-order valence-corrected chi connectivity index (χ1v) is 7.62. The summed E-state index contributed by atoms with van der Waals surface area (Å²) in [6, 6.07) is 9.64. The molecule has 0 fully saturated rings. The fourth-order valence-corrected chi connectivity index (χ4v) is 2.35. The zero-order chi connectivity index (χ0) is 17.1. The van der Waals surface area contributed by atoms with Crippen LogP contribution in [0, 0.1) is 6.92 Å². The van der Waals surface area contributed by atoms with Crippen molar-refractivity contribution in [1.29, 1.82) is 0 Å². The van der Waals surface area contributed by atoms with Crippen LogP contribution >= 0.6 is 0 Å². The van der Waals surface area contributed by atoms with Gasteiger partial charge in [-0.25, -0.2) is 9.97 Å². The monoisotopic (exact) mass is 320 g/mol. The fourth-order valence-electron chi connectivity index (χ4n) is 2.35. The van der Waals surface area contributed by atoms with E-state index >= 15 is 0 Å². The summed E-state index contributed by atoms with van der Waals surface area (Å²) in [4.78, 5) is 15.1. The second kappa shape index (κ2) is 6.54. The van der Waals surface area contributed by atoms with Gasteiger partial charge >= 0.3 is 0 Å². The van der Waals surface area contributed by atoms with E-state index in [1.165, 1.54) is 0 Å². The Morgan fingerprint density at radius 3 is 2.67 bits per heavy atom. The van der Waals surface area contributed by atoms with E-state index in [-0.39, 0.29) is 0 Å². The Bertz CT molecular complexity index is 860. The first-order valence-electron chi connectivity index (χ1n) is 7.62. The maximum Gasteiger partial charge on any atom is 0.227 e. The molecule has 0 aliphatic carbocycles. The predicted molar refractivity (Wildman–Crippen MR) is 98.5 cm³/mol. The van der Waals surface area contributed by atoms with Crippen LogP contribution in [0.2, 0.25) is 0 Å². The van der Waals surface area contributed by atoms with Gasteiger partial charge in [0.2, 0.25) is 5.95 Å². The summed E-state index contributed by atoms with van der Waals surface area (Å²) in [6.45, 7) is 2.03. The summed E-state index contributed by atoms with van der Waals surface area (Å²) in [7, 11) is 3.97. The third-order valence-corrected chi connectivity index (χ3v) is 3.77. The van der Waals surface area contributed by atoms with Gasteiger partial charge in [0, 0.05) is 43.9 Å². The van der Waals surface area contributed by atoms with Crippen LogP contribution < -0.4 is 16.0 Å². The van der Waals surface area contributed by atoms with Crippen LogP contribution in [0.4, 0.5) is 23.0 Å². The maximum atomic E-state index is 6.06. The summed E-state index contributed by atoms with van der Waals surface area (Å²) >= 11 is 0. The Morgan fingerprint density at radius 1 is 1.08 bits per heavy atom. The van der Waals surface area contributed by atoms with Crippen molar-refractivity contribution in [3.8, 4) is 11.3 Å². The molecule has 0 spiro atoms. The number of pyridine rings is 1. The Balaban J connectivity index is 1.94. The van der Waals surface area contributed by atoms with Gasteiger partial charge in [-0.2, -0.15) is 0 Å². The summed E-state index contributed by atoms with van der Waals surface area (Å²) in [6.07, 6.45) is 5.30. The number of hydrogen-bond acceptors (Lipinski definition) is 6. The van der Waals surface area contributed by atoms with Gasteiger partial charge in [-0.1, -0.05) is 0 Å². The zero-order valence-corrected chi connectivity index (χ0v) is 14.0. The second-order valence-corrected chi connectivity index (χ2v) is 5.75.